The SMILES string of the molecule is CC(=O)C(Cc1ccccc1)(OCc1ccccc1)C(=O)OCCN1CCCC1. The monoisotopic (exact) mass is 395 g/mol. The number of carbonyl (C=O) groups is 2. The summed E-state index contributed by atoms with van der Waals surface area (Å²) in [5, 5.41) is 0. The summed E-state index contributed by atoms with van der Waals surface area (Å²) < 4.78 is 11.6. The molecule has 1 heterocycles. The fourth-order valence-corrected chi connectivity index (χ4v) is 3.61. The fourth-order valence-electron chi connectivity index (χ4n) is 3.61. The zero-order chi connectivity index (χ0) is 20.5. The summed E-state index contributed by atoms with van der Waals surface area (Å²) in [4.78, 5) is 28.1. The van der Waals surface area contributed by atoms with E-state index in [1.807, 2.05) is 60.7 Å². The molecular formula is C24H29NO4. The average molecular weight is 395 g/mol. The van der Waals surface area contributed by atoms with Gasteiger partial charge in [-0.2, -0.15) is 0 Å². The molecule has 1 aliphatic rings. The number of hydrogen-bond acceptors (Lipinski definition) is 5. The van der Waals surface area contributed by atoms with E-state index in [4.69, 9.17) is 9.47 Å². The molecule has 0 aliphatic carbocycles. The largest absolute Gasteiger partial charge is 0.462 e. The molecule has 5 nitrogen and oxygen atoms in total. The third-order valence-corrected chi connectivity index (χ3v) is 5.36. The predicted octanol–water partition coefficient (Wildman–Crippen LogP) is 3.41. The van der Waals surface area contributed by atoms with Gasteiger partial charge < -0.3 is 9.47 Å². The first kappa shape index (κ1) is 21.2. The number of rotatable bonds is 10. The highest BCUT2D eigenvalue weighted by Gasteiger charge is 2.46. The highest BCUT2D eigenvalue weighted by molar-refractivity contribution is 6.06. The number of ether oxygens (including phenoxy) is 2. The number of ketones is 1. The molecular weight excluding hydrogens is 366 g/mol. The quantitative estimate of drug-likeness (QED) is 0.456. The molecule has 29 heavy (non-hydrogen) atoms. The van der Waals surface area contributed by atoms with Crippen LogP contribution < -0.4 is 0 Å². The second-order valence-electron chi connectivity index (χ2n) is 7.50. The van der Waals surface area contributed by atoms with Gasteiger partial charge in [0.05, 0.1) is 6.61 Å². The van der Waals surface area contributed by atoms with E-state index in [2.05, 4.69) is 4.90 Å². The lowest BCUT2D eigenvalue weighted by Gasteiger charge is -2.30. The highest BCUT2D eigenvalue weighted by Crippen LogP contribution is 2.24. The molecule has 2 aromatic carbocycles. The number of nitrogens with zero attached hydrogens (tertiary/aromatic N) is 1. The minimum Gasteiger partial charge on any atom is -0.462 e. The van der Waals surface area contributed by atoms with E-state index in [9.17, 15) is 9.59 Å². The third kappa shape index (κ3) is 5.75. The molecule has 2 aromatic rings. The summed E-state index contributed by atoms with van der Waals surface area (Å²) in [5.74, 6) is -0.951. The van der Waals surface area contributed by atoms with Crippen molar-refractivity contribution < 1.29 is 19.1 Å². The van der Waals surface area contributed by atoms with Crippen LogP contribution in [0.25, 0.3) is 0 Å². The standard InChI is InChI=1S/C24H29NO4/c1-20(26)24(18-21-10-4-2-5-11-21,29-19-22-12-6-3-7-13-22)23(27)28-17-16-25-14-8-9-15-25/h2-7,10-13H,8-9,14-19H2,1H3. The van der Waals surface area contributed by atoms with Gasteiger partial charge in [-0.3, -0.25) is 9.69 Å². The molecule has 0 amide bonds. The maximum Gasteiger partial charge on any atom is 0.346 e. The van der Waals surface area contributed by atoms with E-state index in [0.717, 1.165) is 24.2 Å². The molecule has 0 aromatic heterocycles. The summed E-state index contributed by atoms with van der Waals surface area (Å²) in [6.07, 6.45) is 2.51. The lowest BCUT2D eigenvalue weighted by Crippen LogP contribution is -2.51. The van der Waals surface area contributed by atoms with Crippen LogP contribution in [0, 0.1) is 0 Å². The molecule has 1 atom stereocenters. The Labute approximate surface area is 172 Å². The lowest BCUT2D eigenvalue weighted by atomic mass is 9.90. The summed E-state index contributed by atoms with van der Waals surface area (Å²) in [5.41, 5.74) is 0.102. The van der Waals surface area contributed by atoms with Crippen LogP contribution in [0.15, 0.2) is 60.7 Å². The van der Waals surface area contributed by atoms with E-state index in [1.54, 1.807) is 0 Å². The number of esters is 1. The van der Waals surface area contributed by atoms with Gasteiger partial charge in [-0.25, -0.2) is 4.79 Å². The summed E-state index contributed by atoms with van der Waals surface area (Å²) in [6.45, 7) is 4.57. The topological polar surface area (TPSA) is 55.8 Å². The third-order valence-electron chi connectivity index (χ3n) is 5.36. The first-order chi connectivity index (χ1) is 14.1. The Balaban J connectivity index is 1.75. The first-order valence-electron chi connectivity index (χ1n) is 10.2. The molecule has 1 unspecified atom stereocenters. The minimum atomic E-state index is -1.65. The van der Waals surface area contributed by atoms with E-state index in [1.165, 1.54) is 19.8 Å². The Morgan fingerprint density at radius 3 is 2.10 bits per heavy atom. The van der Waals surface area contributed by atoms with Crippen molar-refractivity contribution in [2.75, 3.05) is 26.2 Å². The lowest BCUT2D eigenvalue weighted by molar-refractivity contribution is -0.179. The predicted molar refractivity (Wildman–Crippen MR) is 111 cm³/mol. The van der Waals surface area contributed by atoms with E-state index >= 15 is 0 Å². The number of Topliss-reactive ketones (excluding diaryl/α,β-unsaturated/α-hetero) is 1. The van der Waals surface area contributed by atoms with Gasteiger partial charge in [0, 0.05) is 13.0 Å². The molecule has 1 fully saturated rings. The molecule has 0 spiro atoms. The van der Waals surface area contributed by atoms with Gasteiger partial charge in [0.25, 0.3) is 0 Å². The van der Waals surface area contributed by atoms with Crippen molar-refractivity contribution in [2.24, 2.45) is 0 Å². The second-order valence-corrected chi connectivity index (χ2v) is 7.50. The molecule has 0 bridgehead atoms. The Bertz CT molecular complexity index is 787. The Kier molecular flexibility index (Phi) is 7.55. The van der Waals surface area contributed by atoms with Crippen molar-refractivity contribution in [3.05, 3.63) is 71.8 Å². The van der Waals surface area contributed by atoms with Gasteiger partial charge in [0.2, 0.25) is 5.60 Å². The second kappa shape index (κ2) is 10.3. The number of likely N-dealkylation sites (tertiary alicyclic amines) is 1. The van der Waals surface area contributed by atoms with Gasteiger partial charge >= 0.3 is 5.97 Å². The van der Waals surface area contributed by atoms with Gasteiger partial charge in [-0.1, -0.05) is 60.7 Å². The number of hydrogen-bond donors (Lipinski definition) is 0. The van der Waals surface area contributed by atoms with Crippen LogP contribution in [0.1, 0.15) is 30.9 Å². The summed E-state index contributed by atoms with van der Waals surface area (Å²) in [7, 11) is 0. The smallest absolute Gasteiger partial charge is 0.346 e. The molecule has 0 N–H and O–H groups in total. The minimum absolute atomic E-state index is 0.151. The van der Waals surface area contributed by atoms with Crippen LogP contribution in [-0.4, -0.2) is 48.5 Å². The average Bonchev–Trinajstić information content (AvgIpc) is 3.26. The van der Waals surface area contributed by atoms with Crippen molar-refractivity contribution in [1.29, 1.82) is 0 Å². The van der Waals surface area contributed by atoms with Crippen molar-refractivity contribution in [1.82, 2.24) is 4.90 Å². The number of benzene rings is 2. The summed E-state index contributed by atoms with van der Waals surface area (Å²) >= 11 is 0. The molecule has 1 aliphatic heterocycles. The van der Waals surface area contributed by atoms with Crippen LogP contribution in [0.3, 0.4) is 0 Å². The van der Waals surface area contributed by atoms with E-state index < -0.39 is 11.6 Å². The zero-order valence-corrected chi connectivity index (χ0v) is 17.0. The molecule has 0 radical (unpaired) electrons. The molecule has 3 rings (SSSR count). The Morgan fingerprint density at radius 1 is 0.931 bits per heavy atom. The van der Waals surface area contributed by atoms with Crippen molar-refractivity contribution in [3.63, 3.8) is 0 Å². The normalized spacial score (nSPS) is 16.3. The van der Waals surface area contributed by atoms with Crippen molar-refractivity contribution >= 4 is 11.8 Å². The van der Waals surface area contributed by atoms with Gasteiger partial charge in [-0.05, 0) is 44.0 Å². The molecule has 0 saturated carbocycles. The van der Waals surface area contributed by atoms with Crippen LogP contribution in [0.2, 0.25) is 0 Å². The zero-order valence-electron chi connectivity index (χ0n) is 17.0. The Hall–Kier alpha value is -2.50. The van der Waals surface area contributed by atoms with E-state index in [-0.39, 0.29) is 25.4 Å². The van der Waals surface area contributed by atoms with Crippen molar-refractivity contribution in [3.8, 4) is 0 Å². The maximum atomic E-state index is 13.1. The molecule has 154 valence electrons. The first-order valence-corrected chi connectivity index (χ1v) is 10.2. The Morgan fingerprint density at radius 2 is 1.52 bits per heavy atom. The summed E-state index contributed by atoms with van der Waals surface area (Å²) in [6, 6.07) is 19.0. The van der Waals surface area contributed by atoms with Crippen LogP contribution in [-0.2, 0) is 32.1 Å². The fraction of sp³-hybridized carbons (Fsp3) is 0.417. The van der Waals surface area contributed by atoms with Gasteiger partial charge in [-0.15, -0.1) is 0 Å². The maximum absolute atomic E-state index is 13.1. The highest BCUT2D eigenvalue weighted by atomic mass is 16.6. The van der Waals surface area contributed by atoms with Crippen LogP contribution in [0.5, 0.6) is 0 Å². The van der Waals surface area contributed by atoms with Gasteiger partial charge in [0.15, 0.2) is 5.78 Å². The van der Waals surface area contributed by atoms with Crippen molar-refractivity contribution in [2.45, 2.75) is 38.4 Å². The molecule has 5 heteroatoms. The van der Waals surface area contributed by atoms with E-state index in [0.29, 0.717) is 6.54 Å². The number of carbonyl (C=O) groups excluding carboxylic acids is 2. The van der Waals surface area contributed by atoms with Gasteiger partial charge in [0.1, 0.15) is 6.61 Å². The molecule has 1 saturated heterocycles. The van der Waals surface area contributed by atoms with Crippen LogP contribution >= 0.6 is 0 Å². The van der Waals surface area contributed by atoms with Crippen LogP contribution in [0.4, 0.5) is 0 Å².